The summed E-state index contributed by atoms with van der Waals surface area (Å²) in [7, 11) is 0. The highest BCUT2D eigenvalue weighted by Gasteiger charge is 2.06. The van der Waals surface area contributed by atoms with Gasteiger partial charge in [0, 0.05) is 12.3 Å². The van der Waals surface area contributed by atoms with Gasteiger partial charge >= 0.3 is 0 Å². The molecule has 2 rings (SSSR count). The highest BCUT2D eigenvalue weighted by molar-refractivity contribution is 6.32. The fourth-order valence-corrected chi connectivity index (χ4v) is 1.45. The SMILES string of the molecule is OCc1ccn(-c2cc(F)ccc2Cl)n1. The third-order valence-electron chi connectivity index (χ3n) is 1.96. The van der Waals surface area contributed by atoms with Gasteiger partial charge in [0.05, 0.1) is 23.0 Å². The summed E-state index contributed by atoms with van der Waals surface area (Å²) in [4.78, 5) is 0. The molecule has 0 atom stereocenters. The Bertz CT molecular complexity index is 484. The lowest BCUT2D eigenvalue weighted by Crippen LogP contribution is -1.97. The van der Waals surface area contributed by atoms with Crippen LogP contribution in [-0.4, -0.2) is 14.9 Å². The topological polar surface area (TPSA) is 38.0 Å². The molecule has 1 aromatic heterocycles. The van der Waals surface area contributed by atoms with E-state index in [4.69, 9.17) is 16.7 Å². The van der Waals surface area contributed by atoms with E-state index in [1.165, 1.54) is 22.9 Å². The first-order chi connectivity index (χ1) is 7.20. The lowest BCUT2D eigenvalue weighted by Gasteiger charge is -2.03. The van der Waals surface area contributed by atoms with E-state index in [-0.39, 0.29) is 12.4 Å². The Balaban J connectivity index is 2.48. The minimum atomic E-state index is -0.379. The van der Waals surface area contributed by atoms with Crippen molar-refractivity contribution < 1.29 is 9.50 Å². The molecule has 1 aromatic carbocycles. The van der Waals surface area contributed by atoms with E-state index in [0.29, 0.717) is 16.4 Å². The van der Waals surface area contributed by atoms with Crippen molar-refractivity contribution in [3.05, 3.63) is 47.0 Å². The average molecular weight is 227 g/mol. The fraction of sp³-hybridized carbons (Fsp3) is 0.100. The Hall–Kier alpha value is -1.39. The maximum atomic E-state index is 13.0. The Morgan fingerprint density at radius 3 is 2.87 bits per heavy atom. The highest BCUT2D eigenvalue weighted by Crippen LogP contribution is 2.20. The molecule has 0 saturated heterocycles. The van der Waals surface area contributed by atoms with Crippen LogP contribution in [0.4, 0.5) is 4.39 Å². The summed E-state index contributed by atoms with van der Waals surface area (Å²) in [5, 5.41) is 13.3. The summed E-state index contributed by atoms with van der Waals surface area (Å²) < 4.78 is 14.4. The number of aromatic nitrogens is 2. The highest BCUT2D eigenvalue weighted by atomic mass is 35.5. The zero-order valence-electron chi connectivity index (χ0n) is 7.69. The van der Waals surface area contributed by atoms with Crippen molar-refractivity contribution in [3.63, 3.8) is 0 Å². The first kappa shape index (κ1) is 10.1. The average Bonchev–Trinajstić information content (AvgIpc) is 2.70. The van der Waals surface area contributed by atoms with Crippen LogP contribution in [0.5, 0.6) is 0 Å². The summed E-state index contributed by atoms with van der Waals surface area (Å²) in [6.07, 6.45) is 1.62. The maximum Gasteiger partial charge on any atom is 0.125 e. The van der Waals surface area contributed by atoms with Crippen LogP contribution in [0.15, 0.2) is 30.5 Å². The number of hydrogen-bond donors (Lipinski definition) is 1. The normalized spacial score (nSPS) is 10.6. The second-order valence-corrected chi connectivity index (χ2v) is 3.41. The van der Waals surface area contributed by atoms with Gasteiger partial charge in [0.15, 0.2) is 0 Å². The molecule has 78 valence electrons. The predicted octanol–water partition coefficient (Wildman–Crippen LogP) is 2.16. The van der Waals surface area contributed by atoms with Crippen molar-refractivity contribution in [2.75, 3.05) is 0 Å². The first-order valence-electron chi connectivity index (χ1n) is 4.31. The third kappa shape index (κ3) is 2.00. The molecular formula is C10H8ClFN2O. The van der Waals surface area contributed by atoms with Crippen LogP contribution in [0.2, 0.25) is 5.02 Å². The van der Waals surface area contributed by atoms with Crippen LogP contribution >= 0.6 is 11.6 Å². The van der Waals surface area contributed by atoms with E-state index in [1.54, 1.807) is 12.3 Å². The van der Waals surface area contributed by atoms with Crippen molar-refractivity contribution in [1.82, 2.24) is 9.78 Å². The second kappa shape index (κ2) is 4.00. The van der Waals surface area contributed by atoms with E-state index in [9.17, 15) is 4.39 Å². The molecule has 0 spiro atoms. The molecule has 0 unspecified atom stereocenters. The minimum absolute atomic E-state index is 0.153. The van der Waals surface area contributed by atoms with Gasteiger partial charge in [-0.25, -0.2) is 9.07 Å². The van der Waals surface area contributed by atoms with Crippen LogP contribution in [0.25, 0.3) is 5.69 Å². The van der Waals surface area contributed by atoms with Crippen molar-refractivity contribution in [2.45, 2.75) is 6.61 Å². The standard InChI is InChI=1S/C10H8ClFN2O/c11-9-2-1-7(12)5-10(9)14-4-3-8(6-15)13-14/h1-5,15H,6H2. The minimum Gasteiger partial charge on any atom is -0.390 e. The largest absolute Gasteiger partial charge is 0.390 e. The Labute approximate surface area is 90.7 Å². The number of nitrogens with zero attached hydrogens (tertiary/aromatic N) is 2. The van der Waals surface area contributed by atoms with E-state index >= 15 is 0 Å². The van der Waals surface area contributed by atoms with Gasteiger partial charge in [0.1, 0.15) is 5.82 Å². The number of benzene rings is 1. The van der Waals surface area contributed by atoms with Gasteiger partial charge in [-0.3, -0.25) is 0 Å². The molecule has 0 fully saturated rings. The predicted molar refractivity (Wildman–Crippen MR) is 54.5 cm³/mol. The Morgan fingerprint density at radius 2 is 2.20 bits per heavy atom. The van der Waals surface area contributed by atoms with Crippen molar-refractivity contribution in [3.8, 4) is 5.69 Å². The van der Waals surface area contributed by atoms with Crippen molar-refractivity contribution in [1.29, 1.82) is 0 Å². The Kier molecular flexibility index (Phi) is 2.70. The molecule has 0 aliphatic carbocycles. The maximum absolute atomic E-state index is 13.0. The van der Waals surface area contributed by atoms with Crippen LogP contribution in [0.3, 0.4) is 0 Å². The van der Waals surface area contributed by atoms with Gasteiger partial charge in [-0.1, -0.05) is 11.6 Å². The van der Waals surface area contributed by atoms with Crippen LogP contribution < -0.4 is 0 Å². The number of halogens is 2. The van der Waals surface area contributed by atoms with Crippen LogP contribution in [-0.2, 0) is 6.61 Å². The number of aliphatic hydroxyl groups is 1. The molecule has 0 amide bonds. The van der Waals surface area contributed by atoms with Gasteiger partial charge in [0.25, 0.3) is 0 Å². The number of hydrogen-bond acceptors (Lipinski definition) is 2. The van der Waals surface area contributed by atoms with E-state index in [2.05, 4.69) is 5.10 Å². The molecule has 0 radical (unpaired) electrons. The molecule has 15 heavy (non-hydrogen) atoms. The quantitative estimate of drug-likeness (QED) is 0.852. The molecule has 2 aromatic rings. The fourth-order valence-electron chi connectivity index (χ4n) is 1.24. The zero-order chi connectivity index (χ0) is 10.8. The second-order valence-electron chi connectivity index (χ2n) is 3.01. The molecule has 0 aliphatic heterocycles. The van der Waals surface area contributed by atoms with Gasteiger partial charge in [0.2, 0.25) is 0 Å². The van der Waals surface area contributed by atoms with Crippen LogP contribution in [0, 0.1) is 5.82 Å². The summed E-state index contributed by atoms with van der Waals surface area (Å²) >= 11 is 5.89. The summed E-state index contributed by atoms with van der Waals surface area (Å²) in [6, 6.07) is 5.67. The summed E-state index contributed by atoms with van der Waals surface area (Å²) in [5.74, 6) is -0.379. The number of aliphatic hydroxyl groups excluding tert-OH is 1. The van der Waals surface area contributed by atoms with E-state index in [1.807, 2.05) is 0 Å². The molecule has 1 heterocycles. The third-order valence-corrected chi connectivity index (χ3v) is 2.28. The Morgan fingerprint density at radius 1 is 1.40 bits per heavy atom. The lowest BCUT2D eigenvalue weighted by atomic mass is 10.3. The number of rotatable bonds is 2. The first-order valence-corrected chi connectivity index (χ1v) is 4.69. The molecule has 0 bridgehead atoms. The molecule has 5 heteroatoms. The van der Waals surface area contributed by atoms with E-state index in [0.717, 1.165) is 0 Å². The molecule has 1 N–H and O–H groups in total. The summed E-state index contributed by atoms with van der Waals surface area (Å²) in [6.45, 7) is -0.153. The molecule has 0 aliphatic rings. The van der Waals surface area contributed by atoms with E-state index < -0.39 is 0 Å². The van der Waals surface area contributed by atoms with Gasteiger partial charge < -0.3 is 5.11 Å². The van der Waals surface area contributed by atoms with Gasteiger partial charge in [-0.15, -0.1) is 0 Å². The molecular weight excluding hydrogens is 219 g/mol. The lowest BCUT2D eigenvalue weighted by molar-refractivity contribution is 0.276. The smallest absolute Gasteiger partial charge is 0.125 e. The van der Waals surface area contributed by atoms with Gasteiger partial charge in [-0.2, -0.15) is 5.10 Å². The van der Waals surface area contributed by atoms with Crippen molar-refractivity contribution >= 4 is 11.6 Å². The van der Waals surface area contributed by atoms with Crippen molar-refractivity contribution in [2.24, 2.45) is 0 Å². The van der Waals surface area contributed by atoms with Crippen LogP contribution in [0.1, 0.15) is 5.69 Å². The molecule has 3 nitrogen and oxygen atoms in total. The molecule has 0 saturated carbocycles. The summed E-state index contributed by atoms with van der Waals surface area (Å²) in [5.41, 5.74) is 0.965. The zero-order valence-corrected chi connectivity index (χ0v) is 8.45. The monoisotopic (exact) mass is 226 g/mol. The van der Waals surface area contributed by atoms with Gasteiger partial charge in [-0.05, 0) is 18.2 Å².